The summed E-state index contributed by atoms with van der Waals surface area (Å²) in [6.07, 6.45) is 1.26. The maximum absolute atomic E-state index is 11.1. The van der Waals surface area contributed by atoms with Crippen molar-refractivity contribution >= 4 is 11.8 Å². The third kappa shape index (κ3) is 5.06. The molecule has 1 aliphatic heterocycles. The van der Waals surface area contributed by atoms with Crippen LogP contribution in [0.2, 0.25) is 0 Å². The number of rotatable bonds is 6. The fraction of sp³-hybridized carbons (Fsp3) is 0.227. The molecule has 1 heterocycles. The molecule has 1 aliphatic rings. The van der Waals surface area contributed by atoms with Gasteiger partial charge in [-0.15, -0.1) is 0 Å². The highest BCUT2D eigenvalue weighted by Gasteiger charge is 2.29. The molecule has 0 spiro atoms. The van der Waals surface area contributed by atoms with Crippen LogP contribution in [0, 0.1) is 28.6 Å². The van der Waals surface area contributed by atoms with Crippen LogP contribution in [-0.2, 0) is 0 Å². The summed E-state index contributed by atoms with van der Waals surface area (Å²) in [7, 11) is 0. The Balaban J connectivity index is 1.76. The summed E-state index contributed by atoms with van der Waals surface area (Å²) in [6.45, 7) is 0.765. The van der Waals surface area contributed by atoms with Gasteiger partial charge in [0.2, 0.25) is 0 Å². The smallest absolute Gasteiger partial charge is 0.407 e. The second-order valence-corrected chi connectivity index (χ2v) is 6.61. The van der Waals surface area contributed by atoms with E-state index in [2.05, 4.69) is 12.1 Å². The van der Waals surface area contributed by atoms with Crippen LogP contribution >= 0.6 is 0 Å². The van der Waals surface area contributed by atoms with Gasteiger partial charge in [-0.2, -0.15) is 10.5 Å². The lowest BCUT2D eigenvalue weighted by Gasteiger charge is -2.20. The number of nitrogens with zero attached hydrogens (tertiary/aromatic N) is 4. The van der Waals surface area contributed by atoms with Gasteiger partial charge in [-0.3, -0.25) is 0 Å². The number of benzene rings is 2. The van der Waals surface area contributed by atoms with Crippen molar-refractivity contribution in [1.29, 1.82) is 10.5 Å². The maximum Gasteiger partial charge on any atom is 0.407 e. The minimum atomic E-state index is -0.979. The second-order valence-electron chi connectivity index (χ2n) is 6.61. The molecule has 0 aromatic heterocycles. The van der Waals surface area contributed by atoms with Crippen molar-refractivity contribution in [2.45, 2.75) is 6.42 Å². The Morgan fingerprint density at radius 3 is 2.45 bits per heavy atom. The van der Waals surface area contributed by atoms with Crippen LogP contribution in [0.3, 0.4) is 0 Å². The van der Waals surface area contributed by atoms with Crippen LogP contribution in [0.4, 0.5) is 10.5 Å². The first-order valence-electron chi connectivity index (χ1n) is 9.17. The number of likely N-dealkylation sites (tertiary alicyclic amines) is 1. The number of amides is 1. The lowest BCUT2D eigenvalue weighted by Crippen LogP contribution is -2.27. The standard InChI is InChI=1S/C22H20N4O3/c23-11-13-25(16-18(14-24)17-10-12-26(15-17)22(27)28)19-6-8-21(9-7-19)29-20-4-2-1-3-5-20/h1-9,16-17H,10,12-13,15H2,(H,27,28). The quantitative estimate of drug-likeness (QED) is 0.587. The van der Waals surface area contributed by atoms with Gasteiger partial charge < -0.3 is 19.6 Å². The minimum Gasteiger partial charge on any atom is -0.465 e. The number of hydrogen-bond acceptors (Lipinski definition) is 5. The predicted molar refractivity (Wildman–Crippen MR) is 107 cm³/mol. The van der Waals surface area contributed by atoms with Crippen LogP contribution in [0.15, 0.2) is 66.4 Å². The summed E-state index contributed by atoms with van der Waals surface area (Å²) in [4.78, 5) is 14.1. The molecule has 3 rings (SSSR count). The van der Waals surface area contributed by atoms with Gasteiger partial charge in [0.25, 0.3) is 0 Å². The Labute approximate surface area is 169 Å². The Morgan fingerprint density at radius 2 is 1.86 bits per heavy atom. The summed E-state index contributed by atoms with van der Waals surface area (Å²) >= 11 is 0. The van der Waals surface area contributed by atoms with Crippen molar-refractivity contribution in [3.63, 3.8) is 0 Å². The topological polar surface area (TPSA) is 101 Å². The van der Waals surface area contributed by atoms with E-state index in [-0.39, 0.29) is 12.5 Å². The van der Waals surface area contributed by atoms with Gasteiger partial charge in [-0.05, 0) is 42.8 Å². The monoisotopic (exact) mass is 388 g/mol. The van der Waals surface area contributed by atoms with Crippen LogP contribution in [0.5, 0.6) is 11.5 Å². The molecule has 1 saturated heterocycles. The third-order valence-corrected chi connectivity index (χ3v) is 4.71. The van der Waals surface area contributed by atoms with Gasteiger partial charge in [-0.25, -0.2) is 4.79 Å². The summed E-state index contributed by atoms with van der Waals surface area (Å²) in [5.74, 6) is 1.22. The zero-order chi connectivity index (χ0) is 20.6. The molecule has 1 N–H and O–H groups in total. The van der Waals surface area contributed by atoms with Gasteiger partial charge in [0.15, 0.2) is 0 Å². The molecule has 2 aromatic rings. The Kier molecular flexibility index (Phi) is 6.34. The molecule has 0 radical (unpaired) electrons. The number of para-hydroxylation sites is 1. The predicted octanol–water partition coefficient (Wildman–Crippen LogP) is 4.22. The Bertz CT molecular complexity index is 958. The van der Waals surface area contributed by atoms with E-state index in [1.807, 2.05) is 42.5 Å². The number of anilines is 1. The zero-order valence-corrected chi connectivity index (χ0v) is 15.7. The summed E-state index contributed by atoms with van der Waals surface area (Å²) in [5, 5.41) is 27.9. The Hall–Kier alpha value is -3.97. The molecule has 0 bridgehead atoms. The van der Waals surface area contributed by atoms with Gasteiger partial charge in [0.1, 0.15) is 18.0 Å². The lowest BCUT2D eigenvalue weighted by molar-refractivity contribution is 0.154. The highest BCUT2D eigenvalue weighted by Crippen LogP contribution is 2.27. The van der Waals surface area contributed by atoms with Gasteiger partial charge >= 0.3 is 6.09 Å². The van der Waals surface area contributed by atoms with E-state index in [1.165, 1.54) is 4.90 Å². The largest absolute Gasteiger partial charge is 0.465 e. The minimum absolute atomic E-state index is 0.0689. The Morgan fingerprint density at radius 1 is 1.17 bits per heavy atom. The van der Waals surface area contributed by atoms with E-state index >= 15 is 0 Å². The average molecular weight is 388 g/mol. The maximum atomic E-state index is 11.1. The summed E-state index contributed by atoms with van der Waals surface area (Å²) < 4.78 is 5.78. The molecule has 2 aromatic carbocycles. The highest BCUT2D eigenvalue weighted by molar-refractivity contribution is 5.65. The molecule has 1 atom stereocenters. The fourth-order valence-corrected chi connectivity index (χ4v) is 3.20. The first kappa shape index (κ1) is 19.8. The molecule has 29 heavy (non-hydrogen) atoms. The van der Waals surface area contributed by atoms with E-state index in [4.69, 9.17) is 9.84 Å². The molecular formula is C22H20N4O3. The summed E-state index contributed by atoms with van der Waals surface area (Å²) in [6, 6.07) is 20.9. The molecule has 0 saturated carbocycles. The third-order valence-electron chi connectivity index (χ3n) is 4.71. The van der Waals surface area contributed by atoms with E-state index in [9.17, 15) is 15.3 Å². The van der Waals surface area contributed by atoms with Crippen molar-refractivity contribution in [1.82, 2.24) is 4.90 Å². The first-order chi connectivity index (χ1) is 14.1. The molecule has 1 unspecified atom stereocenters. The number of carbonyl (C=O) groups is 1. The highest BCUT2D eigenvalue weighted by atomic mass is 16.5. The van der Waals surface area contributed by atoms with Crippen LogP contribution < -0.4 is 9.64 Å². The molecule has 0 aliphatic carbocycles. The molecule has 7 nitrogen and oxygen atoms in total. The number of hydrogen-bond donors (Lipinski definition) is 1. The van der Waals surface area contributed by atoms with Gasteiger partial charge in [0.05, 0.1) is 17.7 Å². The average Bonchev–Trinajstić information content (AvgIpc) is 3.23. The van der Waals surface area contributed by atoms with E-state index < -0.39 is 6.09 Å². The van der Waals surface area contributed by atoms with Crippen LogP contribution in [0.25, 0.3) is 0 Å². The van der Waals surface area contributed by atoms with Crippen molar-refractivity contribution in [3.05, 3.63) is 66.4 Å². The van der Waals surface area contributed by atoms with Crippen molar-refractivity contribution in [3.8, 4) is 23.6 Å². The SMILES string of the molecule is N#CCN(C=C(C#N)C1CCN(C(=O)O)C1)c1ccc(Oc2ccccc2)cc1. The number of ether oxygens (including phenoxy) is 1. The number of carboxylic acid groups (broad SMARTS) is 1. The van der Waals surface area contributed by atoms with Gasteiger partial charge in [-0.1, -0.05) is 18.2 Å². The molecular weight excluding hydrogens is 368 g/mol. The lowest BCUT2D eigenvalue weighted by atomic mass is 10.00. The van der Waals surface area contributed by atoms with E-state index in [0.717, 1.165) is 11.4 Å². The van der Waals surface area contributed by atoms with Gasteiger partial charge in [0, 0.05) is 30.9 Å². The van der Waals surface area contributed by atoms with Crippen molar-refractivity contribution in [2.75, 3.05) is 24.5 Å². The molecule has 1 amide bonds. The normalized spacial score (nSPS) is 16.0. The molecule has 1 fully saturated rings. The number of nitriles is 2. The zero-order valence-electron chi connectivity index (χ0n) is 15.7. The van der Waals surface area contributed by atoms with Crippen LogP contribution in [-0.4, -0.2) is 35.7 Å². The van der Waals surface area contributed by atoms with Crippen molar-refractivity contribution < 1.29 is 14.6 Å². The molecule has 146 valence electrons. The van der Waals surface area contributed by atoms with Crippen LogP contribution in [0.1, 0.15) is 6.42 Å². The van der Waals surface area contributed by atoms with E-state index in [1.54, 1.807) is 23.2 Å². The first-order valence-corrected chi connectivity index (χ1v) is 9.17. The van der Waals surface area contributed by atoms with E-state index in [0.29, 0.717) is 30.8 Å². The summed E-state index contributed by atoms with van der Waals surface area (Å²) in [5.41, 5.74) is 1.21. The fourth-order valence-electron chi connectivity index (χ4n) is 3.20. The molecule has 7 heteroatoms. The second kappa shape index (κ2) is 9.29. The van der Waals surface area contributed by atoms with Crippen molar-refractivity contribution in [2.24, 2.45) is 5.92 Å².